The summed E-state index contributed by atoms with van der Waals surface area (Å²) in [5.74, 6) is 0. The van der Waals surface area contributed by atoms with E-state index >= 15 is 0 Å². The fraction of sp³-hybridized carbons (Fsp3) is 0.846. The monoisotopic (exact) mass is 218 g/mol. The van der Waals surface area contributed by atoms with Gasteiger partial charge in [-0.05, 0) is 37.2 Å². The molecule has 0 saturated carbocycles. The second kappa shape index (κ2) is 7.84. The maximum absolute atomic E-state index is 11.9. The van der Waals surface area contributed by atoms with Crippen LogP contribution in [0.15, 0.2) is 12.2 Å². The van der Waals surface area contributed by atoms with Crippen molar-refractivity contribution in [1.82, 2.24) is 0 Å². The molecule has 0 amide bonds. The molecule has 0 nitrogen and oxygen atoms in total. The third-order valence-corrected chi connectivity index (χ3v) is 3.03. The SMILES string of the molecule is CCCCC(C)(CCC)CCC=C(F)F. The van der Waals surface area contributed by atoms with Crippen LogP contribution in [-0.2, 0) is 0 Å². The lowest BCUT2D eigenvalue weighted by Crippen LogP contribution is -2.15. The maximum atomic E-state index is 11.9. The fourth-order valence-electron chi connectivity index (χ4n) is 2.11. The van der Waals surface area contributed by atoms with Crippen molar-refractivity contribution in [3.05, 3.63) is 12.2 Å². The molecule has 0 aromatic carbocycles. The average molecular weight is 218 g/mol. The van der Waals surface area contributed by atoms with E-state index in [1.54, 1.807) is 0 Å². The van der Waals surface area contributed by atoms with Crippen molar-refractivity contribution in [2.24, 2.45) is 5.41 Å². The van der Waals surface area contributed by atoms with Crippen LogP contribution in [-0.4, -0.2) is 0 Å². The van der Waals surface area contributed by atoms with Crippen LogP contribution in [0.3, 0.4) is 0 Å². The molecule has 0 aliphatic carbocycles. The lowest BCUT2D eigenvalue weighted by molar-refractivity contribution is 0.240. The Hall–Kier alpha value is -0.400. The van der Waals surface area contributed by atoms with Crippen LogP contribution < -0.4 is 0 Å². The Morgan fingerprint density at radius 2 is 1.73 bits per heavy atom. The van der Waals surface area contributed by atoms with Crippen LogP contribution in [0.4, 0.5) is 8.78 Å². The van der Waals surface area contributed by atoms with Gasteiger partial charge in [-0.2, -0.15) is 8.78 Å². The Morgan fingerprint density at radius 3 is 2.20 bits per heavy atom. The van der Waals surface area contributed by atoms with Crippen LogP contribution >= 0.6 is 0 Å². The predicted molar refractivity (Wildman–Crippen MR) is 62.1 cm³/mol. The summed E-state index contributed by atoms with van der Waals surface area (Å²) in [6, 6.07) is 0. The van der Waals surface area contributed by atoms with Gasteiger partial charge >= 0.3 is 0 Å². The Bertz CT molecular complexity index is 183. The molecule has 0 aromatic heterocycles. The van der Waals surface area contributed by atoms with E-state index in [0.717, 1.165) is 25.3 Å². The van der Waals surface area contributed by atoms with Crippen molar-refractivity contribution in [3.8, 4) is 0 Å². The molecular weight excluding hydrogens is 194 g/mol. The minimum absolute atomic E-state index is 0.261. The average Bonchev–Trinajstić information content (AvgIpc) is 2.15. The first-order valence-corrected chi connectivity index (χ1v) is 6.05. The lowest BCUT2D eigenvalue weighted by atomic mass is 9.77. The van der Waals surface area contributed by atoms with Crippen molar-refractivity contribution < 1.29 is 8.78 Å². The number of halogens is 2. The van der Waals surface area contributed by atoms with Gasteiger partial charge in [0.2, 0.25) is 0 Å². The summed E-state index contributed by atoms with van der Waals surface area (Å²) in [7, 11) is 0. The van der Waals surface area contributed by atoms with Gasteiger partial charge < -0.3 is 0 Å². The third-order valence-electron chi connectivity index (χ3n) is 3.03. The summed E-state index contributed by atoms with van der Waals surface area (Å²) in [6.45, 7) is 6.57. The van der Waals surface area contributed by atoms with E-state index < -0.39 is 6.08 Å². The van der Waals surface area contributed by atoms with Gasteiger partial charge in [-0.1, -0.05) is 40.0 Å². The molecule has 0 aliphatic heterocycles. The summed E-state index contributed by atoms with van der Waals surface area (Å²) in [5.41, 5.74) is 0.261. The molecule has 0 aromatic rings. The highest BCUT2D eigenvalue weighted by molar-refractivity contribution is 4.84. The molecule has 90 valence electrons. The fourth-order valence-corrected chi connectivity index (χ4v) is 2.11. The molecule has 0 heterocycles. The standard InChI is InChI=1S/C13H24F2/c1-4-6-10-13(3,9-5-2)11-7-8-12(14)15/h8H,4-7,9-11H2,1-3H3. The normalized spacial score (nSPS) is 14.7. The van der Waals surface area contributed by atoms with Gasteiger partial charge in [-0.3, -0.25) is 0 Å². The minimum atomic E-state index is -1.54. The van der Waals surface area contributed by atoms with Crippen molar-refractivity contribution in [2.75, 3.05) is 0 Å². The van der Waals surface area contributed by atoms with Crippen molar-refractivity contribution in [3.63, 3.8) is 0 Å². The summed E-state index contributed by atoms with van der Waals surface area (Å²) in [5, 5.41) is 0. The van der Waals surface area contributed by atoms with E-state index in [2.05, 4.69) is 20.8 Å². The quantitative estimate of drug-likeness (QED) is 0.501. The zero-order valence-electron chi connectivity index (χ0n) is 10.3. The van der Waals surface area contributed by atoms with E-state index in [9.17, 15) is 8.78 Å². The predicted octanol–water partition coefficient (Wildman–Crippen LogP) is 5.54. The Morgan fingerprint density at radius 1 is 1.07 bits per heavy atom. The number of hydrogen-bond acceptors (Lipinski definition) is 0. The zero-order valence-corrected chi connectivity index (χ0v) is 10.3. The highest BCUT2D eigenvalue weighted by Crippen LogP contribution is 2.35. The minimum Gasteiger partial charge on any atom is -0.174 e. The van der Waals surface area contributed by atoms with Gasteiger partial charge in [0.1, 0.15) is 0 Å². The molecule has 1 unspecified atom stereocenters. The van der Waals surface area contributed by atoms with E-state index in [1.807, 2.05) is 0 Å². The van der Waals surface area contributed by atoms with Gasteiger partial charge in [0.25, 0.3) is 6.08 Å². The topological polar surface area (TPSA) is 0 Å². The molecule has 0 spiro atoms. The zero-order chi connectivity index (χ0) is 11.7. The van der Waals surface area contributed by atoms with E-state index in [1.165, 1.54) is 19.3 Å². The molecule has 15 heavy (non-hydrogen) atoms. The second-order valence-electron chi connectivity index (χ2n) is 4.70. The summed E-state index contributed by atoms with van der Waals surface area (Å²) < 4.78 is 23.8. The first kappa shape index (κ1) is 14.6. The third kappa shape index (κ3) is 7.52. The molecule has 0 fully saturated rings. The highest BCUT2D eigenvalue weighted by Gasteiger charge is 2.21. The lowest BCUT2D eigenvalue weighted by Gasteiger charge is -2.29. The van der Waals surface area contributed by atoms with Gasteiger partial charge in [-0.25, -0.2) is 0 Å². The van der Waals surface area contributed by atoms with Gasteiger partial charge in [0.15, 0.2) is 0 Å². The van der Waals surface area contributed by atoms with Crippen molar-refractivity contribution >= 4 is 0 Å². The number of unbranched alkanes of at least 4 members (excludes halogenated alkanes) is 1. The molecule has 0 rings (SSSR count). The Kier molecular flexibility index (Phi) is 7.63. The summed E-state index contributed by atoms with van der Waals surface area (Å²) >= 11 is 0. The largest absolute Gasteiger partial charge is 0.266 e. The van der Waals surface area contributed by atoms with Crippen LogP contribution in [0, 0.1) is 5.41 Å². The molecule has 0 saturated heterocycles. The molecule has 0 bridgehead atoms. The second-order valence-corrected chi connectivity index (χ2v) is 4.70. The number of rotatable bonds is 8. The Balaban J connectivity index is 4.05. The maximum Gasteiger partial charge on any atom is 0.266 e. The summed E-state index contributed by atoms with van der Waals surface area (Å²) in [4.78, 5) is 0. The van der Waals surface area contributed by atoms with Crippen LogP contribution in [0.2, 0.25) is 0 Å². The van der Waals surface area contributed by atoms with E-state index in [0.29, 0.717) is 6.42 Å². The molecule has 1 atom stereocenters. The van der Waals surface area contributed by atoms with Crippen LogP contribution in [0.1, 0.15) is 65.7 Å². The Labute approximate surface area is 92.8 Å². The van der Waals surface area contributed by atoms with Crippen molar-refractivity contribution in [1.29, 1.82) is 0 Å². The molecule has 2 heteroatoms. The smallest absolute Gasteiger partial charge is 0.174 e. The number of allylic oxidation sites excluding steroid dienone is 1. The van der Waals surface area contributed by atoms with Gasteiger partial charge in [-0.15, -0.1) is 0 Å². The number of hydrogen-bond donors (Lipinski definition) is 0. The van der Waals surface area contributed by atoms with Gasteiger partial charge in [0, 0.05) is 0 Å². The molecule has 0 N–H and O–H groups in total. The first-order valence-electron chi connectivity index (χ1n) is 6.05. The summed E-state index contributed by atoms with van der Waals surface area (Å²) in [6.07, 6.45) is 6.77. The van der Waals surface area contributed by atoms with Gasteiger partial charge in [0.05, 0.1) is 0 Å². The van der Waals surface area contributed by atoms with Crippen LogP contribution in [0.25, 0.3) is 0 Å². The molecule has 0 radical (unpaired) electrons. The molecular formula is C13H24F2. The highest BCUT2D eigenvalue weighted by atomic mass is 19.3. The first-order chi connectivity index (χ1) is 7.04. The van der Waals surface area contributed by atoms with E-state index in [4.69, 9.17) is 0 Å². The van der Waals surface area contributed by atoms with Crippen LogP contribution in [0.5, 0.6) is 0 Å². The van der Waals surface area contributed by atoms with Crippen molar-refractivity contribution in [2.45, 2.75) is 65.7 Å². The molecule has 0 aliphatic rings. The van der Waals surface area contributed by atoms with E-state index in [-0.39, 0.29) is 5.41 Å².